The molecule has 0 aliphatic carbocycles. The highest BCUT2D eigenvalue weighted by Crippen LogP contribution is 2.16. The Kier molecular flexibility index (Phi) is 2.26. The summed E-state index contributed by atoms with van der Waals surface area (Å²) in [5.74, 6) is 1.97. The van der Waals surface area contributed by atoms with E-state index in [2.05, 4.69) is 25.3 Å². The molecule has 7 heteroatoms. The van der Waals surface area contributed by atoms with Crippen molar-refractivity contribution in [2.24, 2.45) is 0 Å². The minimum atomic E-state index is 0.576. The van der Waals surface area contributed by atoms with E-state index in [0.717, 1.165) is 5.82 Å². The van der Waals surface area contributed by atoms with Gasteiger partial charge in [-0.15, -0.1) is 5.10 Å². The van der Waals surface area contributed by atoms with Crippen LogP contribution in [0.15, 0.2) is 16.0 Å². The van der Waals surface area contributed by atoms with Crippen LogP contribution in [0.1, 0.15) is 11.7 Å². The number of nitrogens with one attached hydrogen (secondary N) is 1. The van der Waals surface area contributed by atoms with Crippen molar-refractivity contribution in [1.29, 1.82) is 0 Å². The van der Waals surface area contributed by atoms with Crippen LogP contribution in [0, 0.1) is 6.92 Å². The maximum Gasteiger partial charge on any atom is 0.236 e. The molecule has 0 fully saturated rings. The third-order valence-electron chi connectivity index (χ3n) is 1.31. The number of rotatable bonds is 3. The molecule has 0 aliphatic rings. The van der Waals surface area contributed by atoms with Gasteiger partial charge in [0.15, 0.2) is 6.33 Å². The van der Waals surface area contributed by atoms with Crippen LogP contribution in [-0.2, 0) is 5.75 Å². The van der Waals surface area contributed by atoms with Crippen molar-refractivity contribution in [1.82, 2.24) is 25.3 Å². The summed E-state index contributed by atoms with van der Waals surface area (Å²) >= 11 is 1.45. The Morgan fingerprint density at radius 1 is 1.62 bits per heavy atom. The normalized spacial score (nSPS) is 10.5. The lowest BCUT2D eigenvalue weighted by atomic mass is 10.8. The topological polar surface area (TPSA) is 80.5 Å². The summed E-state index contributed by atoms with van der Waals surface area (Å²) in [6.45, 7) is 1.85. The Morgan fingerprint density at radius 2 is 2.54 bits per heavy atom. The van der Waals surface area contributed by atoms with E-state index in [1.807, 2.05) is 6.92 Å². The number of H-pyrrole nitrogens is 1. The molecule has 2 heterocycles. The molecular weight excluding hydrogens is 190 g/mol. The maximum absolute atomic E-state index is 4.81. The van der Waals surface area contributed by atoms with Crippen LogP contribution in [0.4, 0.5) is 0 Å². The van der Waals surface area contributed by atoms with Crippen LogP contribution in [0.5, 0.6) is 0 Å². The van der Waals surface area contributed by atoms with Crippen LogP contribution >= 0.6 is 11.8 Å². The molecule has 0 atom stereocenters. The zero-order valence-corrected chi connectivity index (χ0v) is 7.71. The van der Waals surface area contributed by atoms with Gasteiger partial charge in [-0.2, -0.15) is 4.98 Å². The monoisotopic (exact) mass is 197 g/mol. The van der Waals surface area contributed by atoms with Gasteiger partial charge in [0, 0.05) is 0 Å². The van der Waals surface area contributed by atoms with Crippen molar-refractivity contribution >= 4 is 11.8 Å². The van der Waals surface area contributed by atoms with E-state index in [-0.39, 0.29) is 0 Å². The highest BCUT2D eigenvalue weighted by molar-refractivity contribution is 7.98. The van der Waals surface area contributed by atoms with Crippen molar-refractivity contribution in [2.45, 2.75) is 17.8 Å². The number of thioether (sulfide) groups is 1. The molecule has 6 nitrogen and oxygen atoms in total. The Hall–Kier alpha value is -1.37. The molecule has 68 valence electrons. The van der Waals surface area contributed by atoms with Gasteiger partial charge in [-0.3, -0.25) is 5.10 Å². The molecule has 2 aromatic rings. The van der Waals surface area contributed by atoms with Gasteiger partial charge in [0.25, 0.3) is 0 Å². The fraction of sp³-hybridized carbons (Fsp3) is 0.333. The highest BCUT2D eigenvalue weighted by atomic mass is 32.2. The van der Waals surface area contributed by atoms with Gasteiger partial charge in [0.05, 0.1) is 5.75 Å². The predicted octanol–water partition coefficient (Wildman–Crippen LogP) is 0.788. The lowest BCUT2D eigenvalue weighted by Crippen LogP contribution is -1.81. The SMILES string of the molecule is Cc1nc(SCc2ncno2)n[nH]1. The number of hydrogen-bond donors (Lipinski definition) is 1. The second kappa shape index (κ2) is 3.56. The average Bonchev–Trinajstić information content (AvgIpc) is 2.71. The minimum Gasteiger partial charge on any atom is -0.339 e. The highest BCUT2D eigenvalue weighted by Gasteiger charge is 2.04. The molecule has 0 aliphatic heterocycles. The fourth-order valence-corrected chi connectivity index (χ4v) is 1.46. The molecule has 0 spiro atoms. The van der Waals surface area contributed by atoms with E-state index in [9.17, 15) is 0 Å². The van der Waals surface area contributed by atoms with Gasteiger partial charge in [0.2, 0.25) is 11.0 Å². The first-order valence-electron chi connectivity index (χ1n) is 3.62. The molecule has 0 radical (unpaired) electrons. The smallest absolute Gasteiger partial charge is 0.236 e. The number of aryl methyl sites for hydroxylation is 1. The Labute approximate surface area is 78.1 Å². The molecule has 0 saturated carbocycles. The van der Waals surface area contributed by atoms with Gasteiger partial charge in [-0.05, 0) is 6.92 Å². The quantitative estimate of drug-likeness (QED) is 0.732. The van der Waals surface area contributed by atoms with Gasteiger partial charge in [-0.1, -0.05) is 16.9 Å². The first kappa shape index (κ1) is 8.24. The number of nitrogens with zero attached hydrogens (tertiary/aromatic N) is 4. The average molecular weight is 197 g/mol. The first-order valence-corrected chi connectivity index (χ1v) is 4.60. The van der Waals surface area contributed by atoms with Gasteiger partial charge in [-0.25, -0.2) is 4.98 Å². The third kappa shape index (κ3) is 2.05. The zero-order valence-electron chi connectivity index (χ0n) is 6.89. The molecule has 0 unspecified atom stereocenters. The molecule has 0 saturated heterocycles. The Balaban J connectivity index is 1.93. The van der Waals surface area contributed by atoms with E-state index in [4.69, 9.17) is 4.52 Å². The first-order chi connectivity index (χ1) is 6.34. The number of aromatic amines is 1. The third-order valence-corrected chi connectivity index (χ3v) is 2.14. The summed E-state index contributed by atoms with van der Waals surface area (Å²) in [7, 11) is 0. The van der Waals surface area contributed by atoms with Crippen LogP contribution in [-0.4, -0.2) is 25.3 Å². The van der Waals surface area contributed by atoms with E-state index in [0.29, 0.717) is 16.8 Å². The van der Waals surface area contributed by atoms with E-state index in [1.165, 1.54) is 18.1 Å². The largest absolute Gasteiger partial charge is 0.339 e. The van der Waals surface area contributed by atoms with Crippen molar-refractivity contribution in [3.63, 3.8) is 0 Å². The Morgan fingerprint density at radius 3 is 3.15 bits per heavy atom. The van der Waals surface area contributed by atoms with Crippen molar-refractivity contribution in [3.8, 4) is 0 Å². The summed E-state index contributed by atoms with van der Waals surface area (Å²) in [5, 5.41) is 10.9. The van der Waals surface area contributed by atoms with Gasteiger partial charge in [0.1, 0.15) is 5.82 Å². The fourth-order valence-electron chi connectivity index (χ4n) is 0.773. The molecular formula is C6H7N5OS. The van der Waals surface area contributed by atoms with E-state index in [1.54, 1.807) is 0 Å². The predicted molar refractivity (Wildman–Crippen MR) is 45.0 cm³/mol. The minimum absolute atomic E-state index is 0.576. The second-order valence-corrected chi connectivity index (χ2v) is 3.27. The summed E-state index contributed by atoms with van der Waals surface area (Å²) < 4.78 is 4.81. The summed E-state index contributed by atoms with van der Waals surface area (Å²) in [6, 6.07) is 0. The zero-order chi connectivity index (χ0) is 9.10. The lowest BCUT2D eigenvalue weighted by Gasteiger charge is -1.88. The summed E-state index contributed by atoms with van der Waals surface area (Å²) in [6.07, 6.45) is 1.37. The van der Waals surface area contributed by atoms with Gasteiger partial charge < -0.3 is 4.52 Å². The van der Waals surface area contributed by atoms with Crippen molar-refractivity contribution < 1.29 is 4.52 Å². The molecule has 1 N–H and O–H groups in total. The van der Waals surface area contributed by atoms with Crippen LogP contribution in [0.25, 0.3) is 0 Å². The molecule has 0 aromatic carbocycles. The van der Waals surface area contributed by atoms with Crippen molar-refractivity contribution in [2.75, 3.05) is 0 Å². The molecule has 13 heavy (non-hydrogen) atoms. The van der Waals surface area contributed by atoms with Crippen LogP contribution in [0.2, 0.25) is 0 Å². The van der Waals surface area contributed by atoms with Crippen LogP contribution < -0.4 is 0 Å². The molecule has 2 rings (SSSR count). The number of hydrogen-bond acceptors (Lipinski definition) is 6. The number of aromatic nitrogens is 5. The van der Waals surface area contributed by atoms with Crippen molar-refractivity contribution in [3.05, 3.63) is 18.0 Å². The second-order valence-electron chi connectivity index (χ2n) is 2.33. The van der Waals surface area contributed by atoms with Gasteiger partial charge >= 0.3 is 0 Å². The summed E-state index contributed by atoms with van der Waals surface area (Å²) in [5.41, 5.74) is 0. The standard InChI is InChI=1S/C6H7N5OS/c1-4-9-6(11-10-4)13-2-5-7-3-8-12-5/h3H,2H2,1H3,(H,9,10,11). The van der Waals surface area contributed by atoms with Crippen LogP contribution in [0.3, 0.4) is 0 Å². The Bertz CT molecular complexity index is 370. The summed E-state index contributed by atoms with van der Waals surface area (Å²) in [4.78, 5) is 7.99. The molecule has 0 bridgehead atoms. The maximum atomic E-state index is 4.81. The molecule has 0 amide bonds. The van der Waals surface area contributed by atoms with E-state index >= 15 is 0 Å². The van der Waals surface area contributed by atoms with E-state index < -0.39 is 0 Å². The molecule has 2 aromatic heterocycles. The lowest BCUT2D eigenvalue weighted by molar-refractivity contribution is 0.390.